The predicted octanol–water partition coefficient (Wildman–Crippen LogP) is 2.89. The number of nitrogens with zero attached hydrogens (tertiary/aromatic N) is 1. The van der Waals surface area contributed by atoms with E-state index in [-0.39, 0.29) is 5.97 Å². The Labute approximate surface area is 109 Å². The van der Waals surface area contributed by atoms with E-state index in [1.165, 1.54) is 12.0 Å². The average molecular weight is 306 g/mol. The highest BCUT2D eigenvalue weighted by Crippen LogP contribution is 2.25. The lowest BCUT2D eigenvalue weighted by molar-refractivity contribution is -0.152. The number of carbonyl (C=O) groups excluding carboxylic acids is 1. The zero-order valence-electron chi connectivity index (χ0n) is 9.91. The summed E-state index contributed by atoms with van der Waals surface area (Å²) in [6, 6.07) is 4.07. The van der Waals surface area contributed by atoms with Crippen molar-refractivity contribution in [3.05, 3.63) is 20.8 Å². The maximum Gasteiger partial charge on any atom is 0.325 e. The standard InChI is InChI=1S/C11H16BrNO2S/c1-11(2,10(14)15-4)13(3)7-8-5-6-9(12)16-8/h5-6H,7H2,1-4H3. The molecule has 3 nitrogen and oxygen atoms in total. The van der Waals surface area contributed by atoms with Crippen LogP contribution in [-0.2, 0) is 16.1 Å². The Morgan fingerprint density at radius 3 is 2.62 bits per heavy atom. The van der Waals surface area contributed by atoms with Crippen LogP contribution in [0, 0.1) is 0 Å². The quantitative estimate of drug-likeness (QED) is 0.801. The summed E-state index contributed by atoms with van der Waals surface area (Å²) in [6.07, 6.45) is 0. The van der Waals surface area contributed by atoms with Crippen LogP contribution in [0.1, 0.15) is 18.7 Å². The van der Waals surface area contributed by atoms with Crippen molar-refractivity contribution in [2.75, 3.05) is 14.2 Å². The minimum Gasteiger partial charge on any atom is -0.468 e. The van der Waals surface area contributed by atoms with E-state index in [4.69, 9.17) is 4.74 Å². The van der Waals surface area contributed by atoms with Gasteiger partial charge in [0.05, 0.1) is 10.9 Å². The van der Waals surface area contributed by atoms with Crippen molar-refractivity contribution in [3.8, 4) is 0 Å². The van der Waals surface area contributed by atoms with Gasteiger partial charge < -0.3 is 4.74 Å². The van der Waals surface area contributed by atoms with Crippen LogP contribution in [0.4, 0.5) is 0 Å². The molecule has 0 spiro atoms. The molecule has 0 N–H and O–H groups in total. The number of likely N-dealkylation sites (N-methyl/N-ethyl adjacent to an activating group) is 1. The second-order valence-corrected chi connectivity index (χ2v) is 6.66. The fraction of sp³-hybridized carbons (Fsp3) is 0.545. The maximum atomic E-state index is 11.6. The number of carbonyl (C=O) groups is 1. The largest absolute Gasteiger partial charge is 0.468 e. The van der Waals surface area contributed by atoms with Gasteiger partial charge >= 0.3 is 5.97 Å². The molecule has 0 amide bonds. The first-order valence-electron chi connectivity index (χ1n) is 4.92. The van der Waals surface area contributed by atoms with Crippen LogP contribution in [0.3, 0.4) is 0 Å². The molecule has 0 radical (unpaired) electrons. The van der Waals surface area contributed by atoms with E-state index in [1.807, 2.05) is 31.9 Å². The second-order valence-electron chi connectivity index (χ2n) is 4.11. The average Bonchev–Trinajstić information content (AvgIpc) is 2.62. The smallest absolute Gasteiger partial charge is 0.325 e. The van der Waals surface area contributed by atoms with E-state index < -0.39 is 5.54 Å². The number of methoxy groups -OCH3 is 1. The SMILES string of the molecule is COC(=O)C(C)(C)N(C)Cc1ccc(Br)s1. The number of rotatable bonds is 4. The number of ether oxygens (including phenoxy) is 1. The highest BCUT2D eigenvalue weighted by Gasteiger charge is 2.33. The highest BCUT2D eigenvalue weighted by atomic mass is 79.9. The zero-order valence-corrected chi connectivity index (χ0v) is 12.3. The molecule has 16 heavy (non-hydrogen) atoms. The summed E-state index contributed by atoms with van der Waals surface area (Å²) in [6.45, 7) is 4.46. The summed E-state index contributed by atoms with van der Waals surface area (Å²) >= 11 is 5.10. The zero-order chi connectivity index (χ0) is 12.3. The van der Waals surface area contributed by atoms with Gasteiger partial charge in [0.15, 0.2) is 0 Å². The predicted molar refractivity (Wildman–Crippen MR) is 69.6 cm³/mol. The molecular weight excluding hydrogens is 290 g/mol. The second kappa shape index (κ2) is 5.29. The molecule has 0 aliphatic heterocycles. The van der Waals surface area contributed by atoms with E-state index in [0.717, 1.165) is 10.3 Å². The Bertz CT molecular complexity index is 376. The van der Waals surface area contributed by atoms with Gasteiger partial charge in [-0.05, 0) is 49.0 Å². The number of thiophene rings is 1. The molecule has 1 aromatic rings. The number of esters is 1. The number of hydrogen-bond acceptors (Lipinski definition) is 4. The first-order chi connectivity index (χ1) is 7.37. The Hall–Kier alpha value is -0.390. The lowest BCUT2D eigenvalue weighted by Crippen LogP contribution is -2.48. The molecule has 0 unspecified atom stereocenters. The molecule has 0 bridgehead atoms. The molecular formula is C11H16BrNO2S. The molecule has 0 fully saturated rings. The molecule has 1 heterocycles. The molecule has 1 rings (SSSR count). The Morgan fingerprint density at radius 2 is 2.19 bits per heavy atom. The van der Waals surface area contributed by atoms with Gasteiger partial charge in [-0.2, -0.15) is 0 Å². The third-order valence-corrected chi connectivity index (χ3v) is 4.27. The summed E-state index contributed by atoms with van der Waals surface area (Å²) in [5.74, 6) is -0.217. The van der Waals surface area contributed by atoms with Gasteiger partial charge in [-0.3, -0.25) is 9.69 Å². The van der Waals surface area contributed by atoms with Gasteiger partial charge in [0.25, 0.3) is 0 Å². The van der Waals surface area contributed by atoms with Crippen molar-refractivity contribution in [1.29, 1.82) is 0 Å². The topological polar surface area (TPSA) is 29.5 Å². The summed E-state index contributed by atoms with van der Waals surface area (Å²) in [7, 11) is 3.34. The highest BCUT2D eigenvalue weighted by molar-refractivity contribution is 9.11. The van der Waals surface area contributed by atoms with Crippen LogP contribution < -0.4 is 0 Å². The van der Waals surface area contributed by atoms with Crippen molar-refractivity contribution >= 4 is 33.2 Å². The summed E-state index contributed by atoms with van der Waals surface area (Å²) < 4.78 is 5.90. The van der Waals surface area contributed by atoms with Crippen LogP contribution in [-0.4, -0.2) is 30.6 Å². The van der Waals surface area contributed by atoms with Crippen LogP contribution in [0.2, 0.25) is 0 Å². The maximum absolute atomic E-state index is 11.6. The molecule has 0 aromatic carbocycles. The van der Waals surface area contributed by atoms with E-state index in [0.29, 0.717) is 0 Å². The third-order valence-electron chi connectivity index (χ3n) is 2.66. The summed E-state index contributed by atoms with van der Waals surface area (Å²) in [4.78, 5) is 14.8. The van der Waals surface area contributed by atoms with E-state index in [9.17, 15) is 4.79 Å². The van der Waals surface area contributed by atoms with Gasteiger partial charge in [0, 0.05) is 11.4 Å². The van der Waals surface area contributed by atoms with E-state index >= 15 is 0 Å². The number of halogens is 1. The van der Waals surface area contributed by atoms with Crippen molar-refractivity contribution in [2.24, 2.45) is 0 Å². The van der Waals surface area contributed by atoms with Crippen LogP contribution in [0.15, 0.2) is 15.9 Å². The first kappa shape index (κ1) is 13.7. The molecule has 1 aromatic heterocycles. The van der Waals surface area contributed by atoms with Crippen molar-refractivity contribution < 1.29 is 9.53 Å². The van der Waals surface area contributed by atoms with Gasteiger partial charge in [-0.25, -0.2) is 0 Å². The van der Waals surface area contributed by atoms with E-state index in [2.05, 4.69) is 22.0 Å². The van der Waals surface area contributed by atoms with Gasteiger partial charge in [-0.15, -0.1) is 11.3 Å². The van der Waals surface area contributed by atoms with Gasteiger partial charge in [0.2, 0.25) is 0 Å². The number of hydrogen-bond donors (Lipinski definition) is 0. The molecule has 90 valence electrons. The van der Waals surface area contributed by atoms with Crippen LogP contribution in [0.5, 0.6) is 0 Å². The van der Waals surface area contributed by atoms with E-state index in [1.54, 1.807) is 11.3 Å². The van der Waals surface area contributed by atoms with Crippen molar-refractivity contribution in [3.63, 3.8) is 0 Å². The molecule has 0 atom stereocenters. The summed E-state index contributed by atoms with van der Waals surface area (Å²) in [5.41, 5.74) is -0.606. The Morgan fingerprint density at radius 1 is 1.56 bits per heavy atom. The lowest BCUT2D eigenvalue weighted by Gasteiger charge is -2.32. The molecule has 0 saturated heterocycles. The fourth-order valence-electron chi connectivity index (χ4n) is 1.27. The molecule has 0 saturated carbocycles. The monoisotopic (exact) mass is 305 g/mol. The fourth-order valence-corrected chi connectivity index (χ4v) is 2.81. The minimum atomic E-state index is -0.606. The first-order valence-corrected chi connectivity index (χ1v) is 6.52. The van der Waals surface area contributed by atoms with Crippen LogP contribution in [0.25, 0.3) is 0 Å². The molecule has 0 aliphatic rings. The lowest BCUT2D eigenvalue weighted by atomic mass is 10.0. The Kier molecular flexibility index (Phi) is 4.52. The molecule has 5 heteroatoms. The van der Waals surface area contributed by atoms with Crippen LogP contribution >= 0.6 is 27.3 Å². The normalized spacial score (nSPS) is 11.9. The molecule has 0 aliphatic carbocycles. The third kappa shape index (κ3) is 3.06. The van der Waals surface area contributed by atoms with Crippen molar-refractivity contribution in [1.82, 2.24) is 4.90 Å². The van der Waals surface area contributed by atoms with Gasteiger partial charge in [-0.1, -0.05) is 0 Å². The van der Waals surface area contributed by atoms with Gasteiger partial charge in [0.1, 0.15) is 5.54 Å². The Balaban J connectivity index is 2.71. The summed E-state index contributed by atoms with van der Waals surface area (Å²) in [5, 5.41) is 0. The van der Waals surface area contributed by atoms with Crippen molar-refractivity contribution in [2.45, 2.75) is 25.9 Å². The minimum absolute atomic E-state index is 0.217.